The van der Waals surface area contributed by atoms with Crippen LogP contribution in [0.5, 0.6) is 11.5 Å². The van der Waals surface area contributed by atoms with Gasteiger partial charge in [0.1, 0.15) is 11.5 Å². The highest BCUT2D eigenvalue weighted by molar-refractivity contribution is 6.04. The number of ether oxygens (including phenoxy) is 2. The molecular formula is C30H22N2O4. The molecule has 0 aromatic heterocycles. The number of hydrogen-bond donors (Lipinski definition) is 1. The van der Waals surface area contributed by atoms with Crippen molar-refractivity contribution in [2.75, 3.05) is 6.61 Å². The van der Waals surface area contributed by atoms with Crippen molar-refractivity contribution in [3.8, 4) is 11.5 Å². The number of rotatable bonds is 7. The largest absolute Gasteiger partial charge is 0.484 e. The fourth-order valence-electron chi connectivity index (χ4n) is 3.84. The average molecular weight is 475 g/mol. The minimum Gasteiger partial charge on any atom is -0.484 e. The second-order valence-corrected chi connectivity index (χ2v) is 8.04. The minimum atomic E-state index is -0.478. The fraction of sp³-hybridized carbons (Fsp3) is 0.0333. The molecule has 5 rings (SSSR count). The summed E-state index contributed by atoms with van der Waals surface area (Å²) in [6.45, 7) is -0.193. The van der Waals surface area contributed by atoms with E-state index in [1.54, 1.807) is 30.3 Å². The molecule has 0 atom stereocenters. The molecule has 0 heterocycles. The van der Waals surface area contributed by atoms with Crippen LogP contribution in [0.15, 0.2) is 114 Å². The van der Waals surface area contributed by atoms with E-state index in [0.717, 1.165) is 21.5 Å². The topological polar surface area (TPSA) is 77.0 Å². The second-order valence-electron chi connectivity index (χ2n) is 8.04. The van der Waals surface area contributed by atoms with Gasteiger partial charge in [0.25, 0.3) is 5.91 Å². The van der Waals surface area contributed by atoms with E-state index in [1.165, 1.54) is 6.21 Å². The fourth-order valence-corrected chi connectivity index (χ4v) is 3.84. The minimum absolute atomic E-state index is 0.193. The quantitative estimate of drug-likeness (QED) is 0.141. The smallest absolute Gasteiger partial charge is 0.343 e. The molecule has 0 saturated carbocycles. The highest BCUT2D eigenvalue weighted by atomic mass is 16.5. The predicted molar refractivity (Wildman–Crippen MR) is 141 cm³/mol. The zero-order valence-corrected chi connectivity index (χ0v) is 19.3. The molecule has 1 amide bonds. The maximum Gasteiger partial charge on any atom is 0.343 e. The second kappa shape index (κ2) is 10.5. The van der Waals surface area contributed by atoms with Crippen LogP contribution in [0.4, 0.5) is 0 Å². The van der Waals surface area contributed by atoms with Gasteiger partial charge in [-0.1, -0.05) is 78.9 Å². The lowest BCUT2D eigenvalue weighted by Gasteiger charge is -2.10. The number of hydrazone groups is 1. The van der Waals surface area contributed by atoms with Crippen molar-refractivity contribution < 1.29 is 19.1 Å². The van der Waals surface area contributed by atoms with Crippen molar-refractivity contribution in [3.05, 3.63) is 120 Å². The first-order valence-corrected chi connectivity index (χ1v) is 11.4. The first kappa shape index (κ1) is 22.8. The summed E-state index contributed by atoms with van der Waals surface area (Å²) in [5.74, 6) is 0.0424. The number of hydrogen-bond acceptors (Lipinski definition) is 5. The Morgan fingerprint density at radius 2 is 1.44 bits per heavy atom. The van der Waals surface area contributed by atoms with E-state index < -0.39 is 11.9 Å². The zero-order valence-electron chi connectivity index (χ0n) is 19.3. The van der Waals surface area contributed by atoms with Gasteiger partial charge in [-0.05, 0) is 51.9 Å². The van der Waals surface area contributed by atoms with E-state index in [4.69, 9.17) is 9.47 Å². The molecule has 176 valence electrons. The van der Waals surface area contributed by atoms with Gasteiger partial charge in [-0.25, -0.2) is 10.2 Å². The molecule has 1 N–H and O–H groups in total. The van der Waals surface area contributed by atoms with Crippen molar-refractivity contribution >= 4 is 39.6 Å². The van der Waals surface area contributed by atoms with Crippen molar-refractivity contribution in [1.82, 2.24) is 5.43 Å². The molecular weight excluding hydrogens is 452 g/mol. The molecule has 0 aliphatic carbocycles. The van der Waals surface area contributed by atoms with Crippen LogP contribution < -0.4 is 14.9 Å². The van der Waals surface area contributed by atoms with Crippen LogP contribution in [0, 0.1) is 0 Å². The molecule has 0 unspecified atom stereocenters. The third-order valence-electron chi connectivity index (χ3n) is 5.62. The Morgan fingerprint density at radius 3 is 2.28 bits per heavy atom. The lowest BCUT2D eigenvalue weighted by molar-refractivity contribution is -0.123. The number of carbonyl (C=O) groups is 2. The first-order chi connectivity index (χ1) is 17.7. The Kier molecular flexibility index (Phi) is 6.67. The van der Waals surface area contributed by atoms with Gasteiger partial charge in [0, 0.05) is 5.56 Å². The lowest BCUT2D eigenvalue weighted by Crippen LogP contribution is -2.24. The average Bonchev–Trinajstić information content (AvgIpc) is 2.93. The Hall–Kier alpha value is -4.97. The normalized spacial score (nSPS) is 11.0. The molecule has 5 aromatic rings. The number of fused-ring (bicyclic) bond motifs is 2. The third-order valence-corrected chi connectivity index (χ3v) is 5.62. The Balaban J connectivity index is 1.29. The maximum absolute atomic E-state index is 12.6. The summed E-state index contributed by atoms with van der Waals surface area (Å²) in [7, 11) is 0. The number of nitrogens with one attached hydrogen (secondary N) is 1. The number of carbonyl (C=O) groups excluding carboxylic acids is 2. The van der Waals surface area contributed by atoms with Crippen LogP contribution >= 0.6 is 0 Å². The SMILES string of the molecule is O=C(COc1ccc2ccccc2c1)N/N=C\c1c(OC(=O)c2ccccc2)ccc2ccccc12. The van der Waals surface area contributed by atoms with Gasteiger partial charge < -0.3 is 9.47 Å². The molecule has 5 aromatic carbocycles. The van der Waals surface area contributed by atoms with Gasteiger partial charge in [0.15, 0.2) is 6.61 Å². The Bertz CT molecular complexity index is 1580. The van der Waals surface area contributed by atoms with Gasteiger partial charge in [-0.3, -0.25) is 4.79 Å². The molecule has 0 saturated heterocycles. The monoisotopic (exact) mass is 474 g/mol. The summed E-state index contributed by atoms with van der Waals surface area (Å²) >= 11 is 0. The molecule has 0 radical (unpaired) electrons. The van der Waals surface area contributed by atoms with E-state index in [0.29, 0.717) is 22.6 Å². The number of nitrogens with zero attached hydrogens (tertiary/aromatic N) is 1. The summed E-state index contributed by atoms with van der Waals surface area (Å²) < 4.78 is 11.3. The van der Waals surface area contributed by atoms with Crippen LogP contribution in [0.25, 0.3) is 21.5 Å². The van der Waals surface area contributed by atoms with Crippen LogP contribution in [0.3, 0.4) is 0 Å². The number of amides is 1. The molecule has 0 aliphatic heterocycles. The summed E-state index contributed by atoms with van der Waals surface area (Å²) in [4.78, 5) is 25.0. The molecule has 36 heavy (non-hydrogen) atoms. The van der Waals surface area contributed by atoms with Crippen molar-refractivity contribution in [3.63, 3.8) is 0 Å². The van der Waals surface area contributed by atoms with Gasteiger partial charge in [-0.2, -0.15) is 5.10 Å². The van der Waals surface area contributed by atoms with E-state index >= 15 is 0 Å². The van der Waals surface area contributed by atoms with E-state index in [-0.39, 0.29) is 6.61 Å². The van der Waals surface area contributed by atoms with Crippen LogP contribution in [-0.4, -0.2) is 24.7 Å². The molecule has 6 nitrogen and oxygen atoms in total. The zero-order chi connectivity index (χ0) is 24.7. The van der Waals surface area contributed by atoms with Crippen LogP contribution in [-0.2, 0) is 4.79 Å². The van der Waals surface area contributed by atoms with Gasteiger partial charge >= 0.3 is 5.97 Å². The molecule has 0 fully saturated rings. The third kappa shape index (κ3) is 5.23. The van der Waals surface area contributed by atoms with E-state index in [2.05, 4.69) is 10.5 Å². The highest BCUT2D eigenvalue weighted by Gasteiger charge is 2.13. The molecule has 6 heteroatoms. The van der Waals surface area contributed by atoms with Crippen LogP contribution in [0.2, 0.25) is 0 Å². The van der Waals surface area contributed by atoms with Gasteiger partial charge in [0.2, 0.25) is 0 Å². The summed E-state index contributed by atoms with van der Waals surface area (Å²) in [5, 5.41) is 8.01. The first-order valence-electron chi connectivity index (χ1n) is 11.4. The van der Waals surface area contributed by atoms with E-state index in [1.807, 2.05) is 78.9 Å². The Labute approximate surface area is 207 Å². The van der Waals surface area contributed by atoms with E-state index in [9.17, 15) is 9.59 Å². The van der Waals surface area contributed by atoms with Gasteiger partial charge in [-0.15, -0.1) is 0 Å². The maximum atomic E-state index is 12.6. The number of esters is 1. The highest BCUT2D eigenvalue weighted by Crippen LogP contribution is 2.27. The molecule has 0 aliphatic rings. The van der Waals surface area contributed by atoms with Crippen molar-refractivity contribution in [1.29, 1.82) is 0 Å². The van der Waals surface area contributed by atoms with Crippen LogP contribution in [0.1, 0.15) is 15.9 Å². The predicted octanol–water partition coefficient (Wildman–Crippen LogP) is 5.74. The van der Waals surface area contributed by atoms with Gasteiger partial charge in [0.05, 0.1) is 11.8 Å². The van der Waals surface area contributed by atoms with Crippen molar-refractivity contribution in [2.24, 2.45) is 5.10 Å². The standard InChI is InChI=1S/C30H22N2O4/c33-29(20-35-25-16-14-21-8-4-5-12-24(21)18-25)32-31-19-27-26-13-7-6-9-22(26)15-17-28(27)36-30(34)23-10-2-1-3-11-23/h1-19H,20H2,(H,32,33)/b31-19-. The lowest BCUT2D eigenvalue weighted by atomic mass is 10.0. The Morgan fingerprint density at radius 1 is 0.750 bits per heavy atom. The summed E-state index contributed by atoms with van der Waals surface area (Å²) in [5.41, 5.74) is 3.50. The number of benzene rings is 5. The summed E-state index contributed by atoms with van der Waals surface area (Å²) in [6.07, 6.45) is 1.48. The molecule has 0 spiro atoms. The molecule has 0 bridgehead atoms. The summed E-state index contributed by atoms with van der Waals surface area (Å²) in [6, 6.07) is 33.6. The van der Waals surface area contributed by atoms with Crippen molar-refractivity contribution in [2.45, 2.75) is 0 Å².